The molecule has 0 amide bonds. The van der Waals surface area contributed by atoms with Gasteiger partial charge in [0.1, 0.15) is 11.9 Å². The molecule has 7 heteroatoms. The summed E-state index contributed by atoms with van der Waals surface area (Å²) in [6.07, 6.45) is 3.87. The highest BCUT2D eigenvalue weighted by atomic mass is 16.5. The number of aliphatic hydroxyl groups excluding tert-OH is 2. The zero-order valence-electron chi connectivity index (χ0n) is 9.43. The molecular formula is C11H13N3O4. The minimum Gasteiger partial charge on any atom is -0.394 e. The van der Waals surface area contributed by atoms with Crippen molar-refractivity contribution in [2.45, 2.75) is 18.4 Å². The Hall–Kier alpha value is -1.88. The van der Waals surface area contributed by atoms with E-state index in [0.717, 1.165) is 4.57 Å². The van der Waals surface area contributed by atoms with Gasteiger partial charge in [-0.1, -0.05) is 5.92 Å². The van der Waals surface area contributed by atoms with E-state index in [1.54, 1.807) is 0 Å². The molecule has 7 nitrogen and oxygen atoms in total. The van der Waals surface area contributed by atoms with Crippen LogP contribution in [0.4, 0.5) is 5.82 Å². The van der Waals surface area contributed by atoms with E-state index in [2.05, 4.69) is 10.9 Å². The summed E-state index contributed by atoms with van der Waals surface area (Å²) in [5, 5.41) is 19.1. The first-order valence-corrected chi connectivity index (χ1v) is 5.33. The zero-order chi connectivity index (χ0) is 13.3. The minimum atomic E-state index is -1.09. The van der Waals surface area contributed by atoms with E-state index in [0.29, 0.717) is 0 Å². The van der Waals surface area contributed by atoms with E-state index in [1.807, 2.05) is 0 Å². The van der Waals surface area contributed by atoms with Gasteiger partial charge in [0.05, 0.1) is 18.6 Å². The Kier molecular flexibility index (Phi) is 3.34. The van der Waals surface area contributed by atoms with Crippen molar-refractivity contribution in [3.05, 3.63) is 22.7 Å². The summed E-state index contributed by atoms with van der Waals surface area (Å²) >= 11 is 0. The number of nitrogens with zero attached hydrogens (tertiary/aromatic N) is 2. The summed E-state index contributed by atoms with van der Waals surface area (Å²) in [6, 6.07) is 1.41. The maximum absolute atomic E-state index is 11.6. The smallest absolute Gasteiger partial charge is 0.351 e. The van der Waals surface area contributed by atoms with Crippen LogP contribution in [0.25, 0.3) is 0 Å². The molecule has 96 valence electrons. The zero-order valence-corrected chi connectivity index (χ0v) is 9.43. The second kappa shape index (κ2) is 4.78. The van der Waals surface area contributed by atoms with Crippen molar-refractivity contribution in [1.82, 2.24) is 9.55 Å². The number of aromatic nitrogens is 2. The second-order valence-electron chi connectivity index (χ2n) is 3.97. The van der Waals surface area contributed by atoms with E-state index in [1.165, 1.54) is 12.3 Å². The maximum Gasteiger partial charge on any atom is 0.351 e. The maximum atomic E-state index is 11.6. The monoisotopic (exact) mass is 251 g/mol. The van der Waals surface area contributed by atoms with Crippen molar-refractivity contribution in [3.8, 4) is 12.3 Å². The third-order valence-corrected chi connectivity index (χ3v) is 2.87. The van der Waals surface area contributed by atoms with E-state index in [-0.39, 0.29) is 12.4 Å². The molecule has 18 heavy (non-hydrogen) atoms. The predicted molar refractivity (Wildman–Crippen MR) is 62.2 cm³/mol. The van der Waals surface area contributed by atoms with Gasteiger partial charge in [-0.15, -0.1) is 6.42 Å². The molecule has 0 radical (unpaired) electrons. The molecule has 1 aromatic heterocycles. The lowest BCUT2D eigenvalue weighted by atomic mass is 9.99. The molecular weight excluding hydrogens is 238 g/mol. The van der Waals surface area contributed by atoms with Crippen LogP contribution in [-0.2, 0) is 4.74 Å². The van der Waals surface area contributed by atoms with Gasteiger partial charge in [0.15, 0.2) is 6.23 Å². The third-order valence-electron chi connectivity index (χ3n) is 2.87. The van der Waals surface area contributed by atoms with Crippen molar-refractivity contribution in [3.63, 3.8) is 0 Å². The topological polar surface area (TPSA) is 111 Å². The Balaban J connectivity index is 2.35. The molecule has 2 heterocycles. The van der Waals surface area contributed by atoms with E-state index in [9.17, 15) is 9.90 Å². The molecule has 1 aromatic rings. The minimum absolute atomic E-state index is 0.0796. The van der Waals surface area contributed by atoms with Crippen molar-refractivity contribution < 1.29 is 14.9 Å². The predicted octanol–water partition coefficient (Wildman–Crippen LogP) is -1.67. The van der Waals surface area contributed by atoms with Gasteiger partial charge in [0.2, 0.25) is 0 Å². The summed E-state index contributed by atoms with van der Waals surface area (Å²) in [5.41, 5.74) is 4.72. The van der Waals surface area contributed by atoms with Crippen LogP contribution in [0.15, 0.2) is 17.1 Å². The van der Waals surface area contributed by atoms with Crippen molar-refractivity contribution >= 4 is 5.82 Å². The van der Waals surface area contributed by atoms with Crippen molar-refractivity contribution in [1.29, 1.82) is 0 Å². The largest absolute Gasteiger partial charge is 0.394 e. The van der Waals surface area contributed by atoms with Gasteiger partial charge in [0, 0.05) is 6.20 Å². The Morgan fingerprint density at radius 2 is 2.39 bits per heavy atom. The van der Waals surface area contributed by atoms with Gasteiger partial charge in [-0.25, -0.2) is 4.79 Å². The highest BCUT2D eigenvalue weighted by Crippen LogP contribution is 2.32. The first-order chi connectivity index (χ1) is 8.58. The first kappa shape index (κ1) is 12.6. The van der Waals surface area contributed by atoms with Crippen LogP contribution >= 0.6 is 0 Å². The number of ether oxygens (including phenoxy) is 1. The van der Waals surface area contributed by atoms with E-state index < -0.39 is 30.0 Å². The molecule has 4 N–H and O–H groups in total. The average molecular weight is 251 g/mol. The number of hydrogen-bond donors (Lipinski definition) is 3. The van der Waals surface area contributed by atoms with Crippen LogP contribution in [-0.4, -0.2) is 38.6 Å². The van der Waals surface area contributed by atoms with Crippen LogP contribution in [0.1, 0.15) is 6.23 Å². The second-order valence-corrected chi connectivity index (χ2v) is 3.97. The molecule has 4 atom stereocenters. The van der Waals surface area contributed by atoms with Crippen LogP contribution in [0, 0.1) is 18.3 Å². The molecule has 2 rings (SSSR count). The third kappa shape index (κ3) is 1.97. The van der Waals surface area contributed by atoms with Gasteiger partial charge in [-0.3, -0.25) is 4.57 Å². The summed E-state index contributed by atoms with van der Waals surface area (Å²) in [4.78, 5) is 15.2. The normalized spacial score (nSPS) is 31.2. The van der Waals surface area contributed by atoms with Crippen LogP contribution in [0.5, 0.6) is 0 Å². The molecule has 0 saturated carbocycles. The molecule has 0 unspecified atom stereocenters. The summed E-state index contributed by atoms with van der Waals surface area (Å²) in [5.74, 6) is 1.75. The molecule has 1 fully saturated rings. The summed E-state index contributed by atoms with van der Waals surface area (Å²) in [6.45, 7) is -0.334. The fourth-order valence-corrected chi connectivity index (χ4v) is 1.95. The molecule has 1 aliphatic heterocycles. The number of terminal acetylenes is 1. The van der Waals surface area contributed by atoms with E-state index in [4.69, 9.17) is 22.0 Å². The average Bonchev–Trinajstić information content (AvgIpc) is 2.66. The van der Waals surface area contributed by atoms with Crippen molar-refractivity contribution in [2.24, 2.45) is 5.92 Å². The van der Waals surface area contributed by atoms with Crippen LogP contribution < -0.4 is 11.4 Å². The highest BCUT2D eigenvalue weighted by molar-refractivity contribution is 5.23. The fourth-order valence-electron chi connectivity index (χ4n) is 1.95. The van der Waals surface area contributed by atoms with Crippen molar-refractivity contribution in [2.75, 3.05) is 12.3 Å². The van der Waals surface area contributed by atoms with Gasteiger partial charge >= 0.3 is 5.69 Å². The number of nitrogens with two attached hydrogens (primary N) is 1. The van der Waals surface area contributed by atoms with Crippen LogP contribution in [0.3, 0.4) is 0 Å². The number of aliphatic hydroxyl groups is 2. The first-order valence-electron chi connectivity index (χ1n) is 5.33. The standard InChI is InChI=1S/C11H13N3O4/c1-2-6-7(5-15)18-10(9(6)16)14-4-3-8(12)13-11(14)17/h1,3-4,6-7,9-10,15-16H,5H2,(H2,12,13,17)/t6-,7-,9-,10-/m1/s1. The molecule has 0 aromatic carbocycles. The molecule has 0 aliphatic carbocycles. The van der Waals surface area contributed by atoms with E-state index >= 15 is 0 Å². The molecule has 1 saturated heterocycles. The number of rotatable bonds is 2. The Morgan fingerprint density at radius 3 is 2.89 bits per heavy atom. The lowest BCUT2D eigenvalue weighted by Crippen LogP contribution is -2.33. The SMILES string of the molecule is C#C[C@H]1[C@@H](O)[C@H](n2ccc(N)nc2=O)O[C@@H]1CO. The summed E-state index contributed by atoms with van der Waals surface area (Å²) in [7, 11) is 0. The molecule has 0 spiro atoms. The van der Waals surface area contributed by atoms with Gasteiger partial charge in [-0.2, -0.15) is 4.98 Å². The Bertz CT molecular complexity index is 536. The highest BCUT2D eigenvalue weighted by Gasteiger charge is 2.43. The lowest BCUT2D eigenvalue weighted by molar-refractivity contribution is -0.0532. The van der Waals surface area contributed by atoms with Gasteiger partial charge in [0.25, 0.3) is 0 Å². The molecule has 1 aliphatic rings. The Morgan fingerprint density at radius 1 is 1.67 bits per heavy atom. The fraction of sp³-hybridized carbons (Fsp3) is 0.455. The Labute approximate surface area is 103 Å². The van der Waals surface area contributed by atoms with Gasteiger partial charge < -0.3 is 20.7 Å². The number of anilines is 1. The lowest BCUT2D eigenvalue weighted by Gasteiger charge is -2.16. The summed E-state index contributed by atoms with van der Waals surface area (Å²) < 4.78 is 6.47. The molecule has 0 bridgehead atoms. The number of hydrogen-bond acceptors (Lipinski definition) is 6. The number of nitrogen functional groups attached to an aromatic ring is 1. The van der Waals surface area contributed by atoms with Crippen LogP contribution in [0.2, 0.25) is 0 Å². The quantitative estimate of drug-likeness (QED) is 0.542. The van der Waals surface area contributed by atoms with Gasteiger partial charge in [-0.05, 0) is 6.07 Å².